The van der Waals surface area contributed by atoms with Crippen molar-refractivity contribution in [3.8, 4) is 0 Å². The Kier molecular flexibility index (Phi) is 3.39. The van der Waals surface area contributed by atoms with Crippen molar-refractivity contribution >= 4 is 17.4 Å². The van der Waals surface area contributed by atoms with Crippen molar-refractivity contribution in [3.63, 3.8) is 0 Å². The molecule has 15 heavy (non-hydrogen) atoms. The van der Waals surface area contributed by atoms with Crippen molar-refractivity contribution < 1.29 is 4.79 Å². The van der Waals surface area contributed by atoms with Crippen LogP contribution in [0.2, 0.25) is 5.02 Å². The van der Waals surface area contributed by atoms with Crippen molar-refractivity contribution in [2.45, 2.75) is 12.8 Å². The minimum atomic E-state index is 0.188. The first kappa shape index (κ1) is 10.7. The second-order valence-electron chi connectivity index (χ2n) is 3.91. The first-order chi connectivity index (χ1) is 7.25. The van der Waals surface area contributed by atoms with Crippen LogP contribution in [0.1, 0.15) is 23.2 Å². The van der Waals surface area contributed by atoms with E-state index in [9.17, 15) is 4.79 Å². The second kappa shape index (κ2) is 4.77. The van der Waals surface area contributed by atoms with Gasteiger partial charge in [-0.05, 0) is 50.2 Å². The minimum Gasteiger partial charge on any atom is -0.296 e. The lowest BCUT2D eigenvalue weighted by Gasteiger charge is -2.12. The summed E-state index contributed by atoms with van der Waals surface area (Å²) in [5.41, 5.74) is 0.756. The number of ketones is 1. The fourth-order valence-corrected chi connectivity index (χ4v) is 2.00. The standard InChI is InChI=1S/C12H14ClNO/c13-11-5-3-10(4-6-11)12(15)9-14-7-1-2-8-14/h3-6H,1-2,7-9H2. The lowest BCUT2D eigenvalue weighted by molar-refractivity contribution is 0.0945. The van der Waals surface area contributed by atoms with Crippen molar-refractivity contribution in [1.29, 1.82) is 0 Å². The van der Waals surface area contributed by atoms with E-state index >= 15 is 0 Å². The van der Waals surface area contributed by atoms with Crippen LogP contribution in [-0.4, -0.2) is 30.3 Å². The maximum Gasteiger partial charge on any atom is 0.176 e. The molecule has 0 unspecified atom stereocenters. The molecule has 1 fully saturated rings. The number of hydrogen-bond donors (Lipinski definition) is 0. The van der Waals surface area contributed by atoms with E-state index in [0.29, 0.717) is 11.6 Å². The van der Waals surface area contributed by atoms with E-state index in [1.54, 1.807) is 24.3 Å². The number of likely N-dealkylation sites (tertiary alicyclic amines) is 1. The fraction of sp³-hybridized carbons (Fsp3) is 0.417. The van der Waals surface area contributed by atoms with Crippen LogP contribution in [0.15, 0.2) is 24.3 Å². The highest BCUT2D eigenvalue weighted by Crippen LogP contribution is 2.12. The Morgan fingerprint density at radius 2 is 1.80 bits per heavy atom. The third kappa shape index (κ3) is 2.80. The monoisotopic (exact) mass is 223 g/mol. The highest BCUT2D eigenvalue weighted by atomic mass is 35.5. The van der Waals surface area contributed by atoms with Crippen molar-refractivity contribution in [2.24, 2.45) is 0 Å². The molecule has 1 heterocycles. The van der Waals surface area contributed by atoms with Gasteiger partial charge in [0, 0.05) is 10.6 Å². The van der Waals surface area contributed by atoms with Gasteiger partial charge in [-0.3, -0.25) is 9.69 Å². The van der Waals surface area contributed by atoms with Crippen LogP contribution in [0.5, 0.6) is 0 Å². The molecule has 2 rings (SSSR count). The third-order valence-corrected chi connectivity index (χ3v) is 2.98. The fourth-order valence-electron chi connectivity index (χ4n) is 1.87. The van der Waals surface area contributed by atoms with E-state index in [4.69, 9.17) is 11.6 Å². The molecule has 1 aliphatic heterocycles. The lowest BCUT2D eigenvalue weighted by Crippen LogP contribution is -2.26. The molecule has 0 bridgehead atoms. The Morgan fingerprint density at radius 1 is 1.20 bits per heavy atom. The molecule has 0 aromatic heterocycles. The molecule has 1 saturated heterocycles. The van der Waals surface area contributed by atoms with Crippen molar-refractivity contribution in [2.75, 3.05) is 19.6 Å². The first-order valence-corrected chi connectivity index (χ1v) is 5.64. The van der Waals surface area contributed by atoms with Crippen LogP contribution < -0.4 is 0 Å². The summed E-state index contributed by atoms with van der Waals surface area (Å²) in [6.07, 6.45) is 2.43. The number of hydrogen-bond acceptors (Lipinski definition) is 2. The molecule has 80 valence electrons. The summed E-state index contributed by atoms with van der Waals surface area (Å²) in [6.45, 7) is 2.65. The molecule has 1 aliphatic rings. The largest absolute Gasteiger partial charge is 0.296 e. The van der Waals surface area contributed by atoms with E-state index in [2.05, 4.69) is 4.90 Å². The summed E-state index contributed by atoms with van der Waals surface area (Å²) in [6, 6.07) is 7.11. The summed E-state index contributed by atoms with van der Waals surface area (Å²) in [5.74, 6) is 0.188. The number of carbonyl (C=O) groups is 1. The van der Waals surface area contributed by atoms with Gasteiger partial charge in [0.05, 0.1) is 6.54 Å². The number of halogens is 1. The first-order valence-electron chi connectivity index (χ1n) is 5.27. The van der Waals surface area contributed by atoms with Crippen molar-refractivity contribution in [3.05, 3.63) is 34.9 Å². The zero-order chi connectivity index (χ0) is 10.7. The van der Waals surface area contributed by atoms with Gasteiger partial charge in [-0.15, -0.1) is 0 Å². The maximum absolute atomic E-state index is 11.8. The predicted octanol–water partition coefficient (Wildman–Crippen LogP) is 2.62. The summed E-state index contributed by atoms with van der Waals surface area (Å²) in [4.78, 5) is 14.0. The SMILES string of the molecule is O=C(CN1CCCC1)c1ccc(Cl)cc1. The number of benzene rings is 1. The van der Waals surface area contributed by atoms with Gasteiger partial charge in [0.1, 0.15) is 0 Å². The Hall–Kier alpha value is -0.860. The molecule has 0 atom stereocenters. The molecule has 0 N–H and O–H groups in total. The van der Waals surface area contributed by atoms with E-state index in [-0.39, 0.29) is 5.78 Å². The zero-order valence-electron chi connectivity index (χ0n) is 8.58. The van der Waals surface area contributed by atoms with Crippen LogP contribution in [0.3, 0.4) is 0 Å². The molecule has 3 heteroatoms. The summed E-state index contributed by atoms with van der Waals surface area (Å²) < 4.78 is 0. The number of nitrogens with zero attached hydrogens (tertiary/aromatic N) is 1. The summed E-state index contributed by atoms with van der Waals surface area (Å²) >= 11 is 5.76. The molecule has 0 saturated carbocycles. The van der Waals surface area contributed by atoms with Gasteiger partial charge < -0.3 is 0 Å². The number of rotatable bonds is 3. The Morgan fingerprint density at radius 3 is 2.40 bits per heavy atom. The van der Waals surface area contributed by atoms with Gasteiger partial charge in [-0.2, -0.15) is 0 Å². The third-order valence-electron chi connectivity index (χ3n) is 2.73. The highest BCUT2D eigenvalue weighted by molar-refractivity contribution is 6.30. The smallest absolute Gasteiger partial charge is 0.176 e. The molecule has 0 spiro atoms. The molecule has 0 amide bonds. The van der Waals surface area contributed by atoms with E-state index in [0.717, 1.165) is 18.7 Å². The van der Waals surface area contributed by atoms with Gasteiger partial charge in [0.15, 0.2) is 5.78 Å². The van der Waals surface area contributed by atoms with Crippen LogP contribution >= 0.6 is 11.6 Å². The Labute approximate surface area is 94.8 Å². The summed E-state index contributed by atoms with van der Waals surface area (Å²) in [5, 5.41) is 0.674. The molecule has 0 radical (unpaired) electrons. The van der Waals surface area contributed by atoms with E-state index in [1.807, 2.05) is 0 Å². The van der Waals surface area contributed by atoms with Crippen molar-refractivity contribution in [1.82, 2.24) is 4.90 Å². The molecular weight excluding hydrogens is 210 g/mol. The van der Waals surface area contributed by atoms with Crippen LogP contribution in [0, 0.1) is 0 Å². The minimum absolute atomic E-state index is 0.188. The normalized spacial score (nSPS) is 16.9. The Balaban J connectivity index is 1.98. The molecule has 2 nitrogen and oxygen atoms in total. The average Bonchev–Trinajstić information content (AvgIpc) is 2.71. The van der Waals surface area contributed by atoms with Gasteiger partial charge >= 0.3 is 0 Å². The molecular formula is C12H14ClNO. The lowest BCUT2D eigenvalue weighted by atomic mass is 10.1. The highest BCUT2D eigenvalue weighted by Gasteiger charge is 2.15. The quantitative estimate of drug-likeness (QED) is 0.735. The Bertz CT molecular complexity index is 341. The average molecular weight is 224 g/mol. The van der Waals surface area contributed by atoms with Gasteiger partial charge in [0.2, 0.25) is 0 Å². The zero-order valence-corrected chi connectivity index (χ0v) is 9.33. The van der Waals surface area contributed by atoms with Gasteiger partial charge in [-0.1, -0.05) is 11.6 Å². The van der Waals surface area contributed by atoms with Crippen LogP contribution in [0.25, 0.3) is 0 Å². The van der Waals surface area contributed by atoms with Crippen LogP contribution in [-0.2, 0) is 0 Å². The topological polar surface area (TPSA) is 20.3 Å². The maximum atomic E-state index is 11.8. The van der Waals surface area contributed by atoms with E-state index < -0.39 is 0 Å². The number of carbonyl (C=O) groups excluding carboxylic acids is 1. The van der Waals surface area contributed by atoms with Gasteiger partial charge in [-0.25, -0.2) is 0 Å². The number of Topliss-reactive ketones (excluding diaryl/α,β-unsaturated/α-hetero) is 1. The molecule has 1 aromatic carbocycles. The van der Waals surface area contributed by atoms with Crippen LogP contribution in [0.4, 0.5) is 0 Å². The second-order valence-corrected chi connectivity index (χ2v) is 4.35. The predicted molar refractivity (Wildman–Crippen MR) is 61.5 cm³/mol. The molecule has 0 aliphatic carbocycles. The summed E-state index contributed by atoms with van der Waals surface area (Å²) in [7, 11) is 0. The van der Waals surface area contributed by atoms with E-state index in [1.165, 1.54) is 12.8 Å². The van der Waals surface area contributed by atoms with Gasteiger partial charge in [0.25, 0.3) is 0 Å². The molecule has 1 aromatic rings.